The van der Waals surface area contributed by atoms with E-state index in [1.54, 1.807) is 70.7 Å². The number of ether oxygens (including phenoxy) is 3. The lowest BCUT2D eigenvalue weighted by atomic mass is 9.97. The minimum Gasteiger partial charge on any atom is -0.493 e. The van der Waals surface area contributed by atoms with Crippen LogP contribution in [-0.2, 0) is 72.4 Å². The van der Waals surface area contributed by atoms with Gasteiger partial charge in [-0.05, 0) is 166 Å². The van der Waals surface area contributed by atoms with Gasteiger partial charge < -0.3 is 34.6 Å². The summed E-state index contributed by atoms with van der Waals surface area (Å²) in [6, 6.07) is 26.5. The predicted octanol–water partition coefficient (Wildman–Crippen LogP) is 10.9. The first-order chi connectivity index (χ1) is 39.7. The van der Waals surface area contributed by atoms with Crippen molar-refractivity contribution in [1.82, 2.24) is 5.32 Å². The van der Waals surface area contributed by atoms with Gasteiger partial charge >= 0.3 is 0 Å². The molecule has 19 heteroatoms. The number of amides is 4. The highest BCUT2D eigenvalue weighted by molar-refractivity contribution is 8.77. The summed E-state index contributed by atoms with van der Waals surface area (Å²) in [6.45, 7) is 11.1. The van der Waals surface area contributed by atoms with E-state index in [0.717, 1.165) is 54.5 Å². The van der Waals surface area contributed by atoms with Gasteiger partial charge in [0, 0.05) is 76.3 Å². The second kappa shape index (κ2) is 26.1. The van der Waals surface area contributed by atoms with Gasteiger partial charge in [-0.25, -0.2) is 0 Å². The number of anilines is 3. The number of fused-ring (bicyclic) bond motifs is 8. The van der Waals surface area contributed by atoms with Gasteiger partial charge in [0.1, 0.15) is 30.0 Å². The third kappa shape index (κ3) is 14.0. The summed E-state index contributed by atoms with van der Waals surface area (Å²) in [4.78, 5) is 84.5. The van der Waals surface area contributed by atoms with E-state index >= 15 is 0 Å². The quantitative estimate of drug-likeness (QED) is 0.0317. The Balaban J connectivity index is 0.916. The average molecular weight is 1190 g/mol. The Kier molecular flexibility index (Phi) is 19.1. The van der Waals surface area contributed by atoms with Gasteiger partial charge in [0.25, 0.3) is 21.9 Å². The molecule has 16 nitrogen and oxygen atoms in total. The van der Waals surface area contributed by atoms with Crippen molar-refractivity contribution >= 4 is 84.0 Å². The number of aryl methyl sites for hydroxylation is 2. The van der Waals surface area contributed by atoms with E-state index in [1.165, 1.54) is 7.11 Å². The number of Topliss-reactive ketones (excluding diaryl/α,β-unsaturated/α-hetero) is 2. The summed E-state index contributed by atoms with van der Waals surface area (Å²) in [6.07, 6.45) is 5.19. The molecule has 1 unspecified atom stereocenters. The van der Waals surface area contributed by atoms with Crippen molar-refractivity contribution in [1.29, 1.82) is 0 Å². The lowest BCUT2D eigenvalue weighted by molar-refractivity contribution is -0.129. The molecule has 0 spiro atoms. The Morgan fingerprint density at radius 2 is 1.40 bits per heavy atom. The number of nitrogens with one attached hydrogen (secondary N) is 2. The van der Waals surface area contributed by atoms with Crippen molar-refractivity contribution < 1.29 is 55.6 Å². The van der Waals surface area contributed by atoms with E-state index in [9.17, 15) is 37.2 Å². The number of hydrogen-bond acceptors (Lipinski definition) is 14. The lowest BCUT2D eigenvalue weighted by Gasteiger charge is -2.28. The zero-order chi connectivity index (χ0) is 59.3. The normalized spacial score (nSPS) is 17.8. The fourth-order valence-corrected chi connectivity index (χ4v) is 15.4. The van der Waals surface area contributed by atoms with Crippen LogP contribution in [0.15, 0.2) is 91.0 Å². The molecule has 440 valence electrons. The Morgan fingerprint density at radius 1 is 0.759 bits per heavy atom. The summed E-state index contributed by atoms with van der Waals surface area (Å²) in [7, 11) is 1.93. The minimum absolute atomic E-state index is 0.00733. The van der Waals surface area contributed by atoms with Crippen molar-refractivity contribution in [2.24, 2.45) is 5.92 Å². The molecule has 0 fully saturated rings. The maximum absolute atomic E-state index is 14.5. The molecule has 0 aliphatic carbocycles. The molecule has 5 aromatic rings. The molecule has 0 bridgehead atoms. The highest BCUT2D eigenvalue weighted by Crippen LogP contribution is 2.44. The maximum Gasteiger partial charge on any atom is 0.272 e. The van der Waals surface area contributed by atoms with Crippen molar-refractivity contribution in [2.75, 3.05) is 35.1 Å². The number of ketones is 2. The summed E-state index contributed by atoms with van der Waals surface area (Å²) in [5, 5.41) is 4.77. The second-order valence-corrected chi connectivity index (χ2v) is 27.8. The van der Waals surface area contributed by atoms with Crippen LogP contribution in [0.4, 0.5) is 17.1 Å². The molecule has 4 aliphatic heterocycles. The monoisotopic (exact) mass is 1190 g/mol. The van der Waals surface area contributed by atoms with Gasteiger partial charge in [-0.3, -0.25) is 33.0 Å². The first kappa shape index (κ1) is 60.9. The van der Waals surface area contributed by atoms with Crippen LogP contribution in [0, 0.1) is 12.8 Å². The number of rotatable bonds is 25. The summed E-state index contributed by atoms with van der Waals surface area (Å²) in [5.74, 6) is 0.204. The van der Waals surface area contributed by atoms with E-state index in [4.69, 9.17) is 18.4 Å². The summed E-state index contributed by atoms with van der Waals surface area (Å²) >= 11 is 0. The van der Waals surface area contributed by atoms with Crippen molar-refractivity contribution in [3.8, 4) is 17.2 Å². The zero-order valence-electron chi connectivity index (χ0n) is 48.5. The third-order valence-corrected chi connectivity index (χ3v) is 21.3. The largest absolute Gasteiger partial charge is 0.493 e. The first-order valence-electron chi connectivity index (χ1n) is 28.5. The topological polar surface area (TPSA) is 204 Å². The number of carbonyl (C=O) groups excluding carboxylic acids is 6. The molecule has 4 heterocycles. The molecule has 5 aromatic carbocycles. The zero-order valence-corrected chi connectivity index (χ0v) is 50.9. The molecule has 0 saturated carbocycles. The van der Waals surface area contributed by atoms with Crippen molar-refractivity contribution in [3.05, 3.63) is 141 Å². The van der Waals surface area contributed by atoms with Gasteiger partial charge in [0.15, 0.2) is 17.3 Å². The van der Waals surface area contributed by atoms with Crippen LogP contribution < -0.4 is 34.6 Å². The highest BCUT2D eigenvalue weighted by atomic mass is 33.1. The molecule has 0 aromatic heterocycles. The van der Waals surface area contributed by atoms with E-state index in [1.807, 2.05) is 73.3 Å². The number of carbonyl (C=O) groups is 6. The lowest BCUT2D eigenvalue weighted by Crippen LogP contribution is -2.47. The van der Waals surface area contributed by atoms with Crippen molar-refractivity contribution in [3.63, 3.8) is 0 Å². The molecule has 0 saturated heterocycles. The van der Waals surface area contributed by atoms with E-state index < -0.39 is 39.3 Å². The van der Waals surface area contributed by atoms with Gasteiger partial charge in [-0.15, -0.1) is 0 Å². The van der Waals surface area contributed by atoms with Crippen LogP contribution in [0.5, 0.6) is 17.2 Å². The number of nitrogens with zero attached hydrogens (tertiary/aromatic N) is 2. The third-order valence-electron chi connectivity index (χ3n) is 16.2. The molecule has 9 rings (SSSR count). The van der Waals surface area contributed by atoms with Crippen LogP contribution in [-0.4, -0.2) is 91.7 Å². The smallest absolute Gasteiger partial charge is 0.272 e. The predicted molar refractivity (Wildman–Crippen MR) is 325 cm³/mol. The first-order valence-corrected chi connectivity index (χ1v) is 32.3. The molecule has 0 radical (unpaired) electrons. The number of benzene rings is 5. The standard InChI is InChI=1S/C64H74N4O12S3/c1-9-49(69)17-14-24-81-82-64(5,6)23-22-60(71)65-40(4)55(70)26-39(3)61(72)66-47-28-41(27-42(29-47)37-80-58-32-43-20-21-48-30-44-15-10-12-18-52(44)67(48)62(73)51(43)35-57(58)77-7)36-79-56-33-46-34-59(83(75,76)78-8)54-31-45-16-11-13-19-53(45)68(54)63(74)50(46)25-38(56)2/h10-13,15-16,18-19,25,27-29,32-33,35,39-40,48,54,59H,9,14,17,20-24,26,30-31,34,36-37H2,1-8H3,(H,65,71)(H,66,72)/t39-,40-,48+,54-,59?/m0/s1. The van der Waals surface area contributed by atoms with E-state index in [2.05, 4.69) is 30.5 Å². The average Bonchev–Trinajstić information content (AvgIpc) is 3.70. The van der Waals surface area contributed by atoms with Crippen molar-refractivity contribution in [2.45, 2.75) is 154 Å². The minimum atomic E-state index is -4.12. The summed E-state index contributed by atoms with van der Waals surface area (Å²) < 4.78 is 51.1. The van der Waals surface area contributed by atoms with Gasteiger partial charge in [-0.1, -0.05) is 71.8 Å². The molecule has 5 atom stereocenters. The summed E-state index contributed by atoms with van der Waals surface area (Å²) in [5.41, 5.74) is 8.25. The van der Waals surface area contributed by atoms with Crippen LogP contribution in [0.2, 0.25) is 0 Å². The number of methoxy groups -OCH3 is 1. The Morgan fingerprint density at radius 3 is 2.08 bits per heavy atom. The SMILES string of the molecule is CCC(=O)CCCSSC(C)(C)CCC(=O)N[C@@H](C)C(=O)C[C@H](C)C(=O)Nc1cc(COc2cc3c(cc2C)C(=O)N2c4ccccc4C[C@H]2C(S(=O)(=O)OC)C3)cc(COc2cc3c(cc2OC)C(=O)N2c4ccccc4C[C@H]2CC3)c1. The fourth-order valence-electron chi connectivity index (χ4n) is 11.5. The number of para-hydroxylation sites is 2. The van der Waals surface area contributed by atoms with E-state index in [0.29, 0.717) is 94.1 Å². The molecular formula is C64H74N4O12S3. The van der Waals surface area contributed by atoms with Gasteiger partial charge in [-0.2, -0.15) is 8.42 Å². The van der Waals surface area contributed by atoms with Crippen LogP contribution in [0.3, 0.4) is 0 Å². The maximum atomic E-state index is 14.5. The van der Waals surface area contributed by atoms with Crippen LogP contribution >= 0.6 is 21.6 Å². The fraction of sp³-hybridized carbons (Fsp3) is 0.438. The molecule has 4 amide bonds. The Hall–Kier alpha value is -6.67. The van der Waals surface area contributed by atoms with Gasteiger partial charge in [0.2, 0.25) is 11.8 Å². The van der Waals surface area contributed by atoms with Crippen LogP contribution in [0.25, 0.3) is 0 Å². The highest BCUT2D eigenvalue weighted by Gasteiger charge is 2.48. The molecule has 2 N–H and O–H groups in total. The van der Waals surface area contributed by atoms with Crippen LogP contribution in [0.1, 0.15) is 139 Å². The van der Waals surface area contributed by atoms with Gasteiger partial charge in [0.05, 0.1) is 26.3 Å². The molecule has 83 heavy (non-hydrogen) atoms. The Labute approximate surface area is 495 Å². The number of hydrogen-bond donors (Lipinski definition) is 2. The molecule has 4 aliphatic rings. The Bertz CT molecular complexity index is 3440. The van der Waals surface area contributed by atoms with E-state index in [-0.39, 0.29) is 72.6 Å². The molecular weight excluding hydrogens is 1110 g/mol. The second-order valence-electron chi connectivity index (χ2n) is 22.7.